The number of benzene rings is 1. The quantitative estimate of drug-likeness (QED) is 0.562. The van der Waals surface area contributed by atoms with Crippen molar-refractivity contribution in [2.75, 3.05) is 0 Å². The Balaban J connectivity index is 2.13. The Morgan fingerprint density at radius 1 is 1.35 bits per heavy atom. The van der Waals surface area contributed by atoms with Gasteiger partial charge in [-0.25, -0.2) is 0 Å². The third-order valence-corrected chi connectivity index (χ3v) is 6.55. The molecule has 0 saturated carbocycles. The van der Waals surface area contributed by atoms with Gasteiger partial charge in [0.2, 0.25) is 5.78 Å². The third kappa shape index (κ3) is 2.28. The molecule has 0 atom stereocenters. The number of thiophene rings is 1. The van der Waals surface area contributed by atoms with E-state index < -0.39 is 0 Å². The highest BCUT2D eigenvalue weighted by molar-refractivity contribution is 9.13. The van der Waals surface area contributed by atoms with Crippen molar-refractivity contribution in [1.82, 2.24) is 4.98 Å². The van der Waals surface area contributed by atoms with Crippen molar-refractivity contribution in [2.24, 2.45) is 0 Å². The van der Waals surface area contributed by atoms with Crippen LogP contribution in [0.1, 0.15) is 27.7 Å². The number of aromatic nitrogens is 1. The molecule has 0 unspecified atom stereocenters. The number of hydrogen-bond donors (Lipinski definition) is 1. The van der Waals surface area contributed by atoms with Crippen molar-refractivity contribution in [3.63, 3.8) is 0 Å². The molecular weight excluding hydrogens is 402 g/mol. The lowest BCUT2D eigenvalue weighted by molar-refractivity contribution is 0.104. The maximum absolute atomic E-state index is 12.6. The lowest BCUT2D eigenvalue weighted by Crippen LogP contribution is -1.97. The summed E-state index contributed by atoms with van der Waals surface area (Å²) in [6.45, 7) is 2.12. The Morgan fingerprint density at radius 2 is 2.15 bits per heavy atom. The number of ketones is 1. The van der Waals surface area contributed by atoms with Crippen LogP contribution in [0.25, 0.3) is 10.9 Å². The molecule has 0 spiro atoms. The zero-order chi connectivity index (χ0) is 14.3. The van der Waals surface area contributed by atoms with Crippen LogP contribution in [0.2, 0.25) is 0 Å². The summed E-state index contributed by atoms with van der Waals surface area (Å²) in [5, 5.41) is 0.995. The molecule has 5 heteroatoms. The van der Waals surface area contributed by atoms with Crippen molar-refractivity contribution < 1.29 is 4.79 Å². The molecule has 0 fully saturated rings. The van der Waals surface area contributed by atoms with Crippen molar-refractivity contribution in [1.29, 1.82) is 0 Å². The Kier molecular flexibility index (Phi) is 3.84. The van der Waals surface area contributed by atoms with E-state index in [4.69, 9.17) is 0 Å². The molecule has 0 bridgehead atoms. The first-order valence-electron chi connectivity index (χ1n) is 6.20. The van der Waals surface area contributed by atoms with Crippen LogP contribution in [-0.2, 0) is 6.42 Å². The molecule has 0 amide bonds. The molecule has 1 aromatic carbocycles. The van der Waals surface area contributed by atoms with E-state index in [9.17, 15) is 4.79 Å². The molecule has 0 aliphatic carbocycles. The molecule has 1 N–H and O–H groups in total. The molecule has 0 saturated heterocycles. The summed E-state index contributed by atoms with van der Waals surface area (Å²) in [7, 11) is 0. The Bertz CT molecular complexity index is 784. The van der Waals surface area contributed by atoms with Crippen molar-refractivity contribution >= 4 is 59.9 Å². The zero-order valence-electron chi connectivity index (χ0n) is 10.7. The lowest BCUT2D eigenvalue weighted by atomic mass is 10.0. The molecule has 2 nitrogen and oxygen atoms in total. The van der Waals surface area contributed by atoms with Crippen molar-refractivity contribution in [3.05, 3.63) is 54.7 Å². The molecule has 102 valence electrons. The second-order valence-corrected chi connectivity index (χ2v) is 7.68. The smallest absolute Gasteiger partial charge is 0.205 e. The summed E-state index contributed by atoms with van der Waals surface area (Å²) >= 11 is 8.30. The van der Waals surface area contributed by atoms with Gasteiger partial charge in [-0.05, 0) is 49.9 Å². The second-order valence-electron chi connectivity index (χ2n) is 4.46. The SMILES string of the molecule is CCc1cccc2c(C(=O)c3cc(Br)c(Br)s3)c[nH]c12. The van der Waals surface area contributed by atoms with Gasteiger partial charge in [-0.2, -0.15) is 0 Å². The van der Waals surface area contributed by atoms with Gasteiger partial charge in [-0.1, -0.05) is 25.1 Å². The average molecular weight is 413 g/mol. The van der Waals surface area contributed by atoms with Gasteiger partial charge in [-0.15, -0.1) is 11.3 Å². The van der Waals surface area contributed by atoms with Crippen LogP contribution in [0.3, 0.4) is 0 Å². The highest BCUT2D eigenvalue weighted by Gasteiger charge is 2.18. The first kappa shape index (κ1) is 14.0. The maximum atomic E-state index is 12.6. The molecule has 3 rings (SSSR count). The van der Waals surface area contributed by atoms with Crippen LogP contribution < -0.4 is 0 Å². The summed E-state index contributed by atoms with van der Waals surface area (Å²) in [6, 6.07) is 7.95. The molecule has 0 aliphatic heterocycles. The van der Waals surface area contributed by atoms with Gasteiger partial charge < -0.3 is 4.98 Å². The number of fused-ring (bicyclic) bond motifs is 1. The maximum Gasteiger partial charge on any atom is 0.205 e. The number of para-hydroxylation sites is 1. The minimum atomic E-state index is 0.0564. The fourth-order valence-corrected chi connectivity index (χ4v) is 4.28. The van der Waals surface area contributed by atoms with Gasteiger partial charge >= 0.3 is 0 Å². The van der Waals surface area contributed by atoms with E-state index in [0.717, 1.165) is 36.0 Å². The van der Waals surface area contributed by atoms with E-state index in [2.05, 4.69) is 49.8 Å². The van der Waals surface area contributed by atoms with Gasteiger partial charge in [0, 0.05) is 27.1 Å². The Hall–Kier alpha value is -0.910. The molecule has 0 aliphatic rings. The fraction of sp³-hybridized carbons (Fsp3) is 0.133. The van der Waals surface area contributed by atoms with Crippen LogP contribution in [0.4, 0.5) is 0 Å². The van der Waals surface area contributed by atoms with Gasteiger partial charge in [0.05, 0.1) is 8.66 Å². The second kappa shape index (κ2) is 5.47. The van der Waals surface area contributed by atoms with Crippen molar-refractivity contribution in [3.8, 4) is 0 Å². The van der Waals surface area contributed by atoms with Crippen LogP contribution in [0.15, 0.2) is 38.7 Å². The van der Waals surface area contributed by atoms with E-state index >= 15 is 0 Å². The Morgan fingerprint density at radius 3 is 2.80 bits per heavy atom. The summed E-state index contributed by atoms with van der Waals surface area (Å²) in [4.78, 5) is 16.6. The molecule has 2 heterocycles. The topological polar surface area (TPSA) is 32.9 Å². The number of aromatic amines is 1. The number of halogens is 2. The number of rotatable bonds is 3. The first-order chi connectivity index (χ1) is 9.61. The minimum absolute atomic E-state index is 0.0564. The first-order valence-corrected chi connectivity index (χ1v) is 8.60. The van der Waals surface area contributed by atoms with E-state index in [-0.39, 0.29) is 5.78 Å². The number of nitrogens with one attached hydrogen (secondary N) is 1. The number of H-pyrrole nitrogens is 1. The average Bonchev–Trinajstić information content (AvgIpc) is 3.02. The van der Waals surface area contributed by atoms with Crippen molar-refractivity contribution in [2.45, 2.75) is 13.3 Å². The van der Waals surface area contributed by atoms with Gasteiger partial charge in [0.1, 0.15) is 0 Å². The van der Waals surface area contributed by atoms with E-state index in [1.807, 2.05) is 24.4 Å². The number of hydrogen-bond acceptors (Lipinski definition) is 2. The van der Waals surface area contributed by atoms with Crippen LogP contribution in [-0.4, -0.2) is 10.8 Å². The molecule has 20 heavy (non-hydrogen) atoms. The number of carbonyl (C=O) groups is 1. The van der Waals surface area contributed by atoms with Crippen LogP contribution in [0.5, 0.6) is 0 Å². The molecule has 3 aromatic rings. The highest BCUT2D eigenvalue weighted by atomic mass is 79.9. The molecule has 2 aromatic heterocycles. The summed E-state index contributed by atoms with van der Waals surface area (Å²) < 4.78 is 1.86. The molecular formula is C15H11Br2NOS. The van der Waals surface area contributed by atoms with Crippen LogP contribution in [0, 0.1) is 0 Å². The van der Waals surface area contributed by atoms with Crippen LogP contribution >= 0.6 is 43.2 Å². The minimum Gasteiger partial charge on any atom is -0.360 e. The summed E-state index contributed by atoms with van der Waals surface area (Å²) in [5.74, 6) is 0.0564. The normalized spacial score (nSPS) is 11.2. The summed E-state index contributed by atoms with van der Waals surface area (Å²) in [6.07, 6.45) is 2.76. The third-order valence-electron chi connectivity index (χ3n) is 3.30. The van der Waals surface area contributed by atoms with Gasteiger partial charge in [0.25, 0.3) is 0 Å². The van der Waals surface area contributed by atoms with E-state index in [1.54, 1.807) is 0 Å². The van der Waals surface area contributed by atoms with Gasteiger partial charge in [0.15, 0.2) is 0 Å². The molecule has 0 radical (unpaired) electrons. The fourth-order valence-electron chi connectivity index (χ4n) is 2.29. The predicted molar refractivity (Wildman–Crippen MR) is 90.8 cm³/mol. The standard InChI is InChI=1S/C15H11Br2NOS/c1-2-8-4-3-5-9-10(7-18-13(8)9)14(19)12-6-11(16)15(17)20-12/h3-7,18H,2H2,1H3. The lowest BCUT2D eigenvalue weighted by Gasteiger charge is -2.00. The monoisotopic (exact) mass is 411 g/mol. The summed E-state index contributed by atoms with van der Waals surface area (Å²) in [5.41, 5.74) is 3.03. The van der Waals surface area contributed by atoms with Gasteiger partial charge in [-0.3, -0.25) is 4.79 Å². The van der Waals surface area contributed by atoms with E-state index in [1.165, 1.54) is 16.9 Å². The number of carbonyl (C=O) groups excluding carboxylic acids is 1. The van der Waals surface area contributed by atoms with E-state index in [0.29, 0.717) is 0 Å². The highest BCUT2D eigenvalue weighted by Crippen LogP contribution is 2.34. The Labute approximate surface area is 137 Å². The zero-order valence-corrected chi connectivity index (χ0v) is 14.7. The largest absolute Gasteiger partial charge is 0.360 e. The number of aryl methyl sites for hydroxylation is 1. The predicted octanol–water partition coefficient (Wildman–Crippen LogP) is 5.55.